The van der Waals surface area contributed by atoms with Crippen molar-refractivity contribution in [3.05, 3.63) is 4.91 Å². The van der Waals surface area contributed by atoms with E-state index in [9.17, 15) is 10.0 Å². The highest BCUT2D eigenvalue weighted by Gasteiger charge is 2.44. The minimum absolute atomic E-state index is 0.258. The van der Waals surface area contributed by atoms with Crippen LogP contribution in [0.5, 0.6) is 0 Å². The van der Waals surface area contributed by atoms with Crippen LogP contribution in [-0.4, -0.2) is 22.1 Å². The van der Waals surface area contributed by atoms with Gasteiger partial charge in [0.05, 0.1) is 0 Å². The molecule has 6 unspecified atom stereocenters. The summed E-state index contributed by atoms with van der Waals surface area (Å²) < 4.78 is 0.365. The maximum absolute atomic E-state index is 12.2. The van der Waals surface area contributed by atoms with Crippen molar-refractivity contribution in [1.82, 2.24) is 0 Å². The van der Waals surface area contributed by atoms with Gasteiger partial charge in [-0.3, -0.25) is 0 Å². The molecule has 2 aliphatic carbocycles. The molecule has 2 fully saturated rings. The van der Waals surface area contributed by atoms with Crippen LogP contribution in [0.3, 0.4) is 0 Å². The molecule has 0 heterocycles. The molecule has 2 bridgehead atoms. The minimum Gasteiger partial charge on any atom is -0.379 e. The minimum atomic E-state index is -0.630. The summed E-state index contributed by atoms with van der Waals surface area (Å²) >= 11 is 7.48. The first kappa shape index (κ1) is 47.9. The number of nitroso groups, excluding NO2 is 1. The van der Waals surface area contributed by atoms with Gasteiger partial charge in [0.1, 0.15) is 9.15 Å². The number of alkyl halides is 3. The number of hydrogen-bond acceptors (Lipinski definition) is 3. The second-order valence-electron chi connectivity index (χ2n) is 17.3. The Balaban J connectivity index is 1.69. The highest BCUT2D eigenvalue weighted by atomic mass is 127. The summed E-state index contributed by atoms with van der Waals surface area (Å²) in [7, 11) is 0. The van der Waals surface area contributed by atoms with E-state index in [0.717, 1.165) is 55.3 Å². The molecule has 0 aromatic heterocycles. The van der Waals surface area contributed by atoms with Crippen LogP contribution in [0.15, 0.2) is 5.18 Å². The molecule has 0 aromatic carbocycles. The van der Waals surface area contributed by atoms with E-state index in [-0.39, 0.29) is 9.46 Å². The van der Waals surface area contributed by atoms with Gasteiger partial charge in [-0.2, -0.15) is 4.91 Å². The molecule has 0 radical (unpaired) electrons. The topological polar surface area (TPSA) is 49.7 Å². The molecule has 0 saturated heterocycles. The van der Waals surface area contributed by atoms with Crippen LogP contribution in [0.1, 0.15) is 244 Å². The quantitative estimate of drug-likeness (QED) is 0.162. The average Bonchev–Trinajstić information content (AvgIpc) is 3.42. The predicted molar refractivity (Wildman–Crippen MR) is 247 cm³/mol. The number of rotatable bonds is 1. The summed E-state index contributed by atoms with van der Waals surface area (Å²) in [5.41, 5.74) is -0.326. The lowest BCUT2D eigenvalue weighted by atomic mass is 9.89. The molecule has 0 amide bonds. The molecule has 0 aliphatic heterocycles. The van der Waals surface area contributed by atoms with Gasteiger partial charge in [-0.05, 0) is 85.8 Å². The van der Waals surface area contributed by atoms with Crippen LogP contribution in [0, 0.1) is 16.7 Å². The Morgan fingerprint density at radius 3 is 1.26 bits per heavy atom. The Labute approximate surface area is 353 Å². The molecule has 2 rings (SSSR count). The summed E-state index contributed by atoms with van der Waals surface area (Å²) in [6.45, 7) is 2.37. The van der Waals surface area contributed by atoms with Crippen LogP contribution >= 0.6 is 67.8 Å². The summed E-state index contributed by atoms with van der Waals surface area (Å²) in [6.07, 6.45) is 49.2. The summed E-state index contributed by atoms with van der Waals surface area (Å²) in [4.78, 5) is 12.2. The van der Waals surface area contributed by atoms with Gasteiger partial charge in [0, 0.05) is 7.85 Å². The van der Waals surface area contributed by atoms with Gasteiger partial charge >= 0.3 is 0 Å². The zero-order valence-corrected chi connectivity index (χ0v) is 39.4. The molecule has 6 heteroatoms. The smallest absolute Gasteiger partial charge is 0.127 e. The first-order chi connectivity index (χ1) is 24.3. The van der Waals surface area contributed by atoms with Crippen molar-refractivity contribution in [2.24, 2.45) is 17.0 Å². The molecular weight excluding hydrogens is 955 g/mol. The van der Waals surface area contributed by atoms with Crippen molar-refractivity contribution < 1.29 is 5.11 Å². The Bertz CT molecular complexity index is 797. The molecule has 50 heavy (non-hydrogen) atoms. The third-order valence-electron chi connectivity index (χ3n) is 12.6. The van der Waals surface area contributed by atoms with Crippen molar-refractivity contribution >= 4 is 67.8 Å². The molecule has 1 N–H and O–H groups in total. The van der Waals surface area contributed by atoms with Crippen molar-refractivity contribution in [1.29, 1.82) is 0 Å². The average molecular weight is 1040 g/mol. The zero-order chi connectivity index (χ0) is 36.2. The molecule has 0 spiro atoms. The summed E-state index contributed by atoms with van der Waals surface area (Å²) in [5.74, 6) is 1.30. The van der Waals surface area contributed by atoms with Crippen LogP contribution in [0.2, 0.25) is 0 Å². The van der Waals surface area contributed by atoms with Crippen molar-refractivity contribution in [3.63, 3.8) is 0 Å². The van der Waals surface area contributed by atoms with Crippen LogP contribution in [0.4, 0.5) is 0 Å². The largest absolute Gasteiger partial charge is 0.379 e. The fraction of sp³-hybridized carbons (Fsp3) is 1.00. The number of nitrogens with zero attached hydrogens (tertiary/aromatic N) is 1. The Hall–Kier alpha value is 1.75. The molecule has 6 atom stereocenters. The van der Waals surface area contributed by atoms with E-state index in [4.69, 9.17) is 0 Å². The van der Waals surface area contributed by atoms with E-state index in [0.29, 0.717) is 11.8 Å². The molecule has 296 valence electrons. The fourth-order valence-electron chi connectivity index (χ4n) is 9.14. The van der Waals surface area contributed by atoms with E-state index in [1.54, 1.807) is 0 Å². The van der Waals surface area contributed by atoms with E-state index in [1.807, 2.05) is 0 Å². The summed E-state index contributed by atoms with van der Waals surface area (Å²) in [5, 5.41) is 15.1. The highest BCUT2D eigenvalue weighted by Crippen LogP contribution is 2.47. The van der Waals surface area contributed by atoms with E-state index in [1.165, 1.54) is 186 Å². The third kappa shape index (κ3) is 23.6. The summed E-state index contributed by atoms with van der Waals surface area (Å²) in [6, 6.07) is 0. The SMILES string of the molecule is CC1CC2(N=O)CCCCC(I)C(O)(I)CCCC(I)CCCCCCCCCCCCCCCCCCCCCCCCCCCCC1C2. The number of aliphatic hydroxyl groups is 1. The van der Waals surface area contributed by atoms with Gasteiger partial charge in [-0.1, -0.05) is 243 Å². The normalized spacial score (nSPS) is 34.6. The van der Waals surface area contributed by atoms with E-state index >= 15 is 0 Å². The van der Waals surface area contributed by atoms with Gasteiger partial charge in [-0.15, -0.1) is 0 Å². The molecule has 0 aromatic rings. The number of fused-ring (bicyclic) bond motifs is 2. The van der Waals surface area contributed by atoms with Gasteiger partial charge in [0.25, 0.3) is 0 Å². The monoisotopic (exact) mass is 1040 g/mol. The second kappa shape index (κ2) is 30.9. The number of halogens is 3. The van der Waals surface area contributed by atoms with Gasteiger partial charge in [0.2, 0.25) is 0 Å². The van der Waals surface area contributed by atoms with Crippen LogP contribution in [0.25, 0.3) is 0 Å². The van der Waals surface area contributed by atoms with E-state index in [2.05, 4.69) is 79.9 Å². The standard InChI is InChI=1S/C44H82I3NO2/c1-39-37-43(48-50)35-29-28-34-42(46)44(47,49)36-30-33-41(45)32-27-25-23-21-19-17-15-13-11-9-7-5-3-2-4-6-8-10-12-14-16-18-20-22-24-26-31-40(39)38-43/h39-42,49H,2-38H2,1H3. The molecular formula is C44H82I3NO2. The van der Waals surface area contributed by atoms with Crippen LogP contribution < -0.4 is 0 Å². The third-order valence-corrected chi connectivity index (χ3v) is 17.9. The molecule has 2 saturated carbocycles. The highest BCUT2D eigenvalue weighted by molar-refractivity contribution is 14.1. The van der Waals surface area contributed by atoms with Crippen LogP contribution in [-0.2, 0) is 0 Å². The fourth-order valence-corrected chi connectivity index (χ4v) is 11.5. The lowest BCUT2D eigenvalue weighted by molar-refractivity contribution is 0.140. The Morgan fingerprint density at radius 2 is 0.840 bits per heavy atom. The predicted octanol–water partition coefficient (Wildman–Crippen LogP) is 16.9. The maximum atomic E-state index is 12.2. The zero-order valence-electron chi connectivity index (χ0n) is 32.9. The van der Waals surface area contributed by atoms with Crippen molar-refractivity contribution in [2.75, 3.05) is 0 Å². The van der Waals surface area contributed by atoms with Gasteiger partial charge in [-0.25, -0.2) is 0 Å². The lowest BCUT2D eigenvalue weighted by Crippen LogP contribution is -2.31. The molecule has 3 nitrogen and oxygen atoms in total. The first-order valence-corrected chi connectivity index (χ1v) is 25.9. The first-order valence-electron chi connectivity index (χ1n) is 22.3. The Kier molecular flexibility index (Phi) is 29.6. The van der Waals surface area contributed by atoms with Gasteiger partial charge < -0.3 is 5.11 Å². The van der Waals surface area contributed by atoms with Gasteiger partial charge in [0.15, 0.2) is 0 Å². The van der Waals surface area contributed by atoms with Crippen molar-refractivity contribution in [3.8, 4) is 0 Å². The van der Waals surface area contributed by atoms with E-state index < -0.39 is 3.61 Å². The maximum Gasteiger partial charge on any atom is 0.127 e. The molecule has 2 aliphatic rings. The van der Waals surface area contributed by atoms with Crippen molar-refractivity contribution in [2.45, 2.75) is 261 Å². The lowest BCUT2D eigenvalue weighted by Gasteiger charge is -2.28. The number of hydrogen-bond donors (Lipinski definition) is 1. The second-order valence-corrected chi connectivity index (χ2v) is 22.4. The Morgan fingerprint density at radius 1 is 0.480 bits per heavy atom.